The Kier molecular flexibility index (Phi) is 5.76. The molecule has 2 unspecified atom stereocenters. The third kappa shape index (κ3) is 4.21. The van der Waals surface area contributed by atoms with Gasteiger partial charge in [0.2, 0.25) is 0 Å². The number of likely N-dealkylation sites (N-methyl/N-ethyl adjacent to an activating group) is 1. The number of benzene rings is 1. The second-order valence-corrected chi connectivity index (χ2v) is 4.35. The van der Waals surface area contributed by atoms with Crippen molar-refractivity contribution in [2.24, 2.45) is 0 Å². The van der Waals surface area contributed by atoms with Gasteiger partial charge in [-0.25, -0.2) is 4.39 Å². The molecule has 0 fully saturated rings. The maximum atomic E-state index is 13.3. The number of hydrogen-bond acceptors (Lipinski definition) is 3. The van der Waals surface area contributed by atoms with Crippen LogP contribution in [0.1, 0.15) is 32.4 Å². The van der Waals surface area contributed by atoms with Gasteiger partial charge in [-0.15, -0.1) is 0 Å². The normalized spacial score (nSPS) is 13.7. The summed E-state index contributed by atoms with van der Waals surface area (Å²) in [5, 5.41) is 5.72. The van der Waals surface area contributed by atoms with Gasteiger partial charge in [0.05, 0.1) is 0 Å². The van der Waals surface area contributed by atoms with Crippen LogP contribution < -0.4 is 15.4 Å². The van der Waals surface area contributed by atoms with Gasteiger partial charge in [0.25, 0.3) is 5.91 Å². The van der Waals surface area contributed by atoms with Gasteiger partial charge in [-0.1, -0.05) is 0 Å². The Morgan fingerprint density at radius 1 is 1.42 bits per heavy atom. The van der Waals surface area contributed by atoms with Gasteiger partial charge < -0.3 is 15.4 Å². The largest absolute Gasteiger partial charge is 0.481 e. The Balaban J connectivity index is 2.91. The lowest BCUT2D eigenvalue weighted by Crippen LogP contribution is -2.36. The first-order valence-corrected chi connectivity index (χ1v) is 6.40. The van der Waals surface area contributed by atoms with Crippen molar-refractivity contribution in [2.45, 2.75) is 32.9 Å². The molecule has 2 atom stereocenters. The lowest BCUT2D eigenvalue weighted by molar-refractivity contribution is -0.127. The minimum atomic E-state index is -0.617. The molecule has 19 heavy (non-hydrogen) atoms. The van der Waals surface area contributed by atoms with E-state index in [4.69, 9.17) is 4.74 Å². The highest BCUT2D eigenvalue weighted by molar-refractivity contribution is 5.80. The lowest BCUT2D eigenvalue weighted by atomic mass is 10.1. The number of hydrogen-bond donors (Lipinski definition) is 2. The van der Waals surface area contributed by atoms with Crippen molar-refractivity contribution in [3.8, 4) is 5.75 Å². The van der Waals surface area contributed by atoms with Gasteiger partial charge in [0.1, 0.15) is 11.6 Å². The molecule has 1 aromatic carbocycles. The Morgan fingerprint density at radius 3 is 2.68 bits per heavy atom. The number of halogens is 1. The molecule has 0 aliphatic rings. The minimum absolute atomic E-state index is 0.0628. The highest BCUT2D eigenvalue weighted by Crippen LogP contribution is 2.26. The first-order valence-electron chi connectivity index (χ1n) is 6.40. The van der Waals surface area contributed by atoms with Crippen molar-refractivity contribution in [3.05, 3.63) is 29.6 Å². The quantitative estimate of drug-likeness (QED) is 0.829. The maximum absolute atomic E-state index is 13.3. The van der Waals surface area contributed by atoms with E-state index in [0.29, 0.717) is 17.9 Å². The smallest absolute Gasteiger partial charge is 0.260 e. The third-order valence-electron chi connectivity index (χ3n) is 2.90. The van der Waals surface area contributed by atoms with E-state index in [9.17, 15) is 9.18 Å². The molecule has 0 bridgehead atoms. The van der Waals surface area contributed by atoms with Crippen molar-refractivity contribution < 1.29 is 13.9 Å². The Morgan fingerprint density at radius 2 is 2.11 bits per heavy atom. The fraction of sp³-hybridized carbons (Fsp3) is 0.500. The van der Waals surface area contributed by atoms with E-state index < -0.39 is 6.10 Å². The van der Waals surface area contributed by atoms with Crippen molar-refractivity contribution in [2.75, 3.05) is 13.6 Å². The molecule has 5 heteroatoms. The highest BCUT2D eigenvalue weighted by Gasteiger charge is 2.17. The molecule has 106 valence electrons. The molecule has 2 N–H and O–H groups in total. The topological polar surface area (TPSA) is 50.4 Å². The van der Waals surface area contributed by atoms with Crippen molar-refractivity contribution in [1.82, 2.24) is 10.6 Å². The summed E-state index contributed by atoms with van der Waals surface area (Å²) in [6, 6.07) is 4.23. The fourth-order valence-electron chi connectivity index (χ4n) is 1.68. The van der Waals surface area contributed by atoms with E-state index in [1.165, 1.54) is 12.1 Å². The molecule has 1 aromatic rings. The highest BCUT2D eigenvalue weighted by atomic mass is 19.1. The molecule has 0 aliphatic carbocycles. The predicted molar refractivity (Wildman–Crippen MR) is 72.6 cm³/mol. The second-order valence-electron chi connectivity index (χ2n) is 4.35. The van der Waals surface area contributed by atoms with Crippen molar-refractivity contribution in [1.29, 1.82) is 0 Å². The Hall–Kier alpha value is -1.62. The summed E-state index contributed by atoms with van der Waals surface area (Å²) in [4.78, 5) is 11.6. The van der Waals surface area contributed by atoms with Crippen molar-refractivity contribution >= 4 is 5.91 Å². The maximum Gasteiger partial charge on any atom is 0.260 e. The molecule has 0 radical (unpaired) electrons. The van der Waals surface area contributed by atoms with E-state index in [0.717, 1.165) is 0 Å². The van der Waals surface area contributed by atoms with Crippen LogP contribution in [-0.4, -0.2) is 25.6 Å². The minimum Gasteiger partial charge on any atom is -0.481 e. The SMILES string of the molecule is CCNC(=O)C(C)Oc1ccc(F)cc1C(C)NC. The first kappa shape index (κ1) is 15.4. The van der Waals surface area contributed by atoms with Gasteiger partial charge >= 0.3 is 0 Å². The number of carbonyl (C=O) groups excluding carboxylic acids is 1. The summed E-state index contributed by atoms with van der Waals surface area (Å²) in [5.74, 6) is 0.00648. The average molecular weight is 268 g/mol. The van der Waals surface area contributed by atoms with E-state index >= 15 is 0 Å². The molecule has 1 amide bonds. The Labute approximate surface area is 113 Å². The van der Waals surface area contributed by atoms with Gasteiger partial charge in [-0.3, -0.25) is 4.79 Å². The summed E-state index contributed by atoms with van der Waals surface area (Å²) in [6.07, 6.45) is -0.617. The summed E-state index contributed by atoms with van der Waals surface area (Å²) >= 11 is 0. The third-order valence-corrected chi connectivity index (χ3v) is 2.90. The number of ether oxygens (including phenoxy) is 1. The molecule has 0 saturated carbocycles. The summed E-state index contributed by atoms with van der Waals surface area (Å²) in [5.41, 5.74) is 0.693. The summed E-state index contributed by atoms with van der Waals surface area (Å²) in [6.45, 7) is 5.97. The molecule has 4 nitrogen and oxygen atoms in total. The molecule has 0 aliphatic heterocycles. The van der Waals surface area contributed by atoms with Gasteiger partial charge in [-0.2, -0.15) is 0 Å². The molecule has 1 rings (SSSR count). The first-order chi connectivity index (χ1) is 8.99. The summed E-state index contributed by atoms with van der Waals surface area (Å²) < 4.78 is 18.9. The van der Waals surface area contributed by atoms with E-state index in [1.807, 2.05) is 13.8 Å². The van der Waals surface area contributed by atoms with Crippen LogP contribution >= 0.6 is 0 Å². The molecule has 0 heterocycles. The monoisotopic (exact) mass is 268 g/mol. The van der Waals surface area contributed by atoms with Crippen LogP contribution in [-0.2, 0) is 4.79 Å². The number of carbonyl (C=O) groups is 1. The van der Waals surface area contributed by atoms with Crippen LogP contribution in [0, 0.1) is 5.82 Å². The molecule has 0 saturated heterocycles. The van der Waals surface area contributed by atoms with Crippen LogP contribution in [0.25, 0.3) is 0 Å². The van der Waals surface area contributed by atoms with Gasteiger partial charge in [0.15, 0.2) is 6.10 Å². The molecular formula is C14H21FN2O2. The fourth-order valence-corrected chi connectivity index (χ4v) is 1.68. The summed E-state index contributed by atoms with van der Waals surface area (Å²) in [7, 11) is 1.78. The van der Waals surface area contributed by atoms with Gasteiger partial charge in [-0.05, 0) is 46.0 Å². The van der Waals surface area contributed by atoms with Crippen LogP contribution in [0.3, 0.4) is 0 Å². The van der Waals surface area contributed by atoms with Crippen LogP contribution in [0.4, 0.5) is 4.39 Å². The van der Waals surface area contributed by atoms with Crippen LogP contribution in [0.5, 0.6) is 5.75 Å². The molecular weight excluding hydrogens is 247 g/mol. The van der Waals surface area contributed by atoms with E-state index in [2.05, 4.69) is 10.6 Å². The molecule has 0 aromatic heterocycles. The lowest BCUT2D eigenvalue weighted by Gasteiger charge is -2.20. The predicted octanol–water partition coefficient (Wildman–Crippen LogP) is 2.01. The average Bonchev–Trinajstić information content (AvgIpc) is 2.40. The number of rotatable bonds is 6. The van der Waals surface area contributed by atoms with E-state index in [1.54, 1.807) is 20.0 Å². The van der Waals surface area contributed by atoms with Crippen LogP contribution in [0.15, 0.2) is 18.2 Å². The molecule has 0 spiro atoms. The zero-order chi connectivity index (χ0) is 14.4. The second kappa shape index (κ2) is 7.09. The number of nitrogens with one attached hydrogen (secondary N) is 2. The number of amides is 1. The van der Waals surface area contributed by atoms with Crippen molar-refractivity contribution in [3.63, 3.8) is 0 Å². The Bertz CT molecular complexity index is 437. The van der Waals surface area contributed by atoms with E-state index in [-0.39, 0.29) is 17.8 Å². The zero-order valence-electron chi connectivity index (χ0n) is 11.8. The standard InChI is InChI=1S/C14H21FN2O2/c1-5-17-14(18)10(3)19-13-7-6-11(15)8-12(13)9(2)16-4/h6-10,16H,5H2,1-4H3,(H,17,18). The van der Waals surface area contributed by atoms with Gasteiger partial charge in [0, 0.05) is 18.2 Å². The van der Waals surface area contributed by atoms with Crippen LogP contribution in [0.2, 0.25) is 0 Å². The zero-order valence-corrected chi connectivity index (χ0v) is 11.8.